The summed E-state index contributed by atoms with van der Waals surface area (Å²) in [5.41, 5.74) is 5.52. The molecule has 1 aromatic heterocycles. The smallest absolute Gasteiger partial charge is 0.226 e. The van der Waals surface area contributed by atoms with Crippen molar-refractivity contribution in [2.24, 2.45) is 11.7 Å². The third-order valence-corrected chi connectivity index (χ3v) is 2.31. The summed E-state index contributed by atoms with van der Waals surface area (Å²) in [7, 11) is 1.67. The molecule has 0 fully saturated rings. The minimum absolute atomic E-state index is 0.113. The Bertz CT molecular complexity index is 261. The Hall–Kier alpha value is -0.940. The zero-order valence-corrected chi connectivity index (χ0v) is 9.56. The highest BCUT2D eigenvalue weighted by molar-refractivity contribution is 4.89. The Morgan fingerprint density at radius 2 is 2.13 bits per heavy atom. The van der Waals surface area contributed by atoms with Gasteiger partial charge in [0.2, 0.25) is 5.89 Å². The highest BCUT2D eigenvalue weighted by Crippen LogP contribution is 2.07. The summed E-state index contributed by atoms with van der Waals surface area (Å²) < 4.78 is 10.2. The molecule has 0 saturated carbocycles. The molecule has 5 nitrogen and oxygen atoms in total. The maximum absolute atomic E-state index is 5.52. The van der Waals surface area contributed by atoms with E-state index in [1.807, 2.05) is 6.92 Å². The van der Waals surface area contributed by atoms with Gasteiger partial charge >= 0.3 is 0 Å². The van der Waals surface area contributed by atoms with Gasteiger partial charge in [-0.2, -0.15) is 4.98 Å². The number of aromatic nitrogens is 2. The van der Waals surface area contributed by atoms with E-state index >= 15 is 0 Å². The van der Waals surface area contributed by atoms with E-state index in [-0.39, 0.29) is 6.10 Å². The lowest BCUT2D eigenvalue weighted by Crippen LogP contribution is -2.13. The highest BCUT2D eigenvalue weighted by atomic mass is 16.5. The van der Waals surface area contributed by atoms with Gasteiger partial charge in [-0.1, -0.05) is 12.1 Å². The van der Waals surface area contributed by atoms with Crippen LogP contribution in [0.3, 0.4) is 0 Å². The molecule has 1 heterocycles. The summed E-state index contributed by atoms with van der Waals surface area (Å²) in [5.74, 6) is 1.73. The van der Waals surface area contributed by atoms with Crippen LogP contribution in [0.1, 0.15) is 25.6 Å². The molecular weight excluding hydrogens is 194 g/mol. The maximum atomic E-state index is 5.52. The van der Waals surface area contributed by atoms with E-state index in [2.05, 4.69) is 17.1 Å². The average molecular weight is 213 g/mol. The molecule has 1 rings (SSSR count). The molecule has 5 heteroatoms. The number of hydrogen-bond acceptors (Lipinski definition) is 5. The van der Waals surface area contributed by atoms with E-state index in [1.54, 1.807) is 7.11 Å². The molecule has 0 aliphatic carbocycles. The van der Waals surface area contributed by atoms with Crippen molar-refractivity contribution in [1.29, 1.82) is 0 Å². The third-order valence-electron chi connectivity index (χ3n) is 2.31. The summed E-state index contributed by atoms with van der Waals surface area (Å²) in [6.45, 7) is 4.66. The molecule has 0 radical (unpaired) electrons. The highest BCUT2D eigenvalue weighted by Gasteiger charge is 2.11. The molecule has 0 bridgehead atoms. The van der Waals surface area contributed by atoms with E-state index in [0.717, 1.165) is 6.42 Å². The zero-order valence-electron chi connectivity index (χ0n) is 9.56. The Morgan fingerprint density at radius 3 is 2.73 bits per heavy atom. The standard InChI is InChI=1S/C10H19N3O2/c1-7(6-11)4-10-12-9(13-15-10)5-8(2)14-3/h7-8H,4-6,11H2,1-3H3. The van der Waals surface area contributed by atoms with Crippen LogP contribution in [0.25, 0.3) is 0 Å². The van der Waals surface area contributed by atoms with Gasteiger partial charge in [0.25, 0.3) is 0 Å². The van der Waals surface area contributed by atoms with Crippen molar-refractivity contribution in [3.63, 3.8) is 0 Å². The average Bonchev–Trinajstić information content (AvgIpc) is 2.65. The molecule has 0 spiro atoms. The van der Waals surface area contributed by atoms with Crippen LogP contribution in [-0.2, 0) is 17.6 Å². The van der Waals surface area contributed by atoms with Crippen LogP contribution in [0.5, 0.6) is 0 Å². The Morgan fingerprint density at radius 1 is 1.40 bits per heavy atom. The van der Waals surface area contributed by atoms with E-state index in [0.29, 0.717) is 30.6 Å². The van der Waals surface area contributed by atoms with Crippen LogP contribution in [0.2, 0.25) is 0 Å². The second-order valence-corrected chi connectivity index (χ2v) is 3.90. The number of rotatable bonds is 6. The van der Waals surface area contributed by atoms with Crippen molar-refractivity contribution in [2.75, 3.05) is 13.7 Å². The van der Waals surface area contributed by atoms with Crippen LogP contribution in [0.4, 0.5) is 0 Å². The first-order valence-electron chi connectivity index (χ1n) is 5.20. The second-order valence-electron chi connectivity index (χ2n) is 3.90. The van der Waals surface area contributed by atoms with Crippen LogP contribution >= 0.6 is 0 Å². The third kappa shape index (κ3) is 3.97. The molecule has 1 aromatic rings. The molecule has 2 N–H and O–H groups in total. The molecule has 0 aliphatic rings. The van der Waals surface area contributed by atoms with Crippen LogP contribution in [0, 0.1) is 5.92 Å². The van der Waals surface area contributed by atoms with Crippen LogP contribution in [-0.4, -0.2) is 29.9 Å². The van der Waals surface area contributed by atoms with Crippen molar-refractivity contribution >= 4 is 0 Å². The summed E-state index contributed by atoms with van der Waals surface area (Å²) in [6.07, 6.45) is 1.53. The van der Waals surface area contributed by atoms with Gasteiger partial charge in [0.1, 0.15) is 0 Å². The minimum atomic E-state index is 0.113. The van der Waals surface area contributed by atoms with Crippen LogP contribution < -0.4 is 5.73 Å². The number of ether oxygens (including phenoxy) is 1. The topological polar surface area (TPSA) is 74.2 Å². The van der Waals surface area contributed by atoms with Gasteiger partial charge in [-0.05, 0) is 19.4 Å². The van der Waals surface area contributed by atoms with Crippen molar-refractivity contribution in [1.82, 2.24) is 10.1 Å². The van der Waals surface area contributed by atoms with Crippen molar-refractivity contribution < 1.29 is 9.26 Å². The fraction of sp³-hybridized carbons (Fsp3) is 0.800. The van der Waals surface area contributed by atoms with E-state index in [9.17, 15) is 0 Å². The lowest BCUT2D eigenvalue weighted by Gasteiger charge is -2.04. The van der Waals surface area contributed by atoms with Gasteiger partial charge in [0, 0.05) is 20.0 Å². The van der Waals surface area contributed by atoms with Gasteiger partial charge < -0.3 is 15.0 Å². The van der Waals surface area contributed by atoms with Crippen LogP contribution in [0.15, 0.2) is 4.52 Å². The molecule has 0 aromatic carbocycles. The van der Waals surface area contributed by atoms with Gasteiger partial charge in [0.15, 0.2) is 5.82 Å². The summed E-state index contributed by atoms with van der Waals surface area (Å²) in [6, 6.07) is 0. The number of methoxy groups -OCH3 is 1. The monoisotopic (exact) mass is 213 g/mol. The first-order chi connectivity index (χ1) is 7.15. The van der Waals surface area contributed by atoms with E-state index < -0.39 is 0 Å². The first kappa shape index (κ1) is 12.1. The molecular formula is C10H19N3O2. The minimum Gasteiger partial charge on any atom is -0.381 e. The van der Waals surface area contributed by atoms with Gasteiger partial charge in [-0.25, -0.2) is 0 Å². The number of hydrogen-bond donors (Lipinski definition) is 1. The SMILES string of the molecule is COC(C)Cc1noc(CC(C)CN)n1. The molecule has 2 atom stereocenters. The summed E-state index contributed by atoms with van der Waals surface area (Å²) >= 11 is 0. The zero-order chi connectivity index (χ0) is 11.3. The Balaban J connectivity index is 2.49. The number of nitrogens with zero attached hydrogens (tertiary/aromatic N) is 2. The molecule has 2 unspecified atom stereocenters. The van der Waals surface area contributed by atoms with Gasteiger partial charge in [-0.15, -0.1) is 0 Å². The Kier molecular flexibility index (Phi) is 4.71. The summed E-state index contributed by atoms with van der Waals surface area (Å²) in [5, 5.41) is 3.88. The van der Waals surface area contributed by atoms with Crippen molar-refractivity contribution in [3.8, 4) is 0 Å². The molecule has 0 amide bonds. The van der Waals surface area contributed by atoms with Crippen molar-refractivity contribution in [3.05, 3.63) is 11.7 Å². The molecule has 86 valence electrons. The fourth-order valence-electron chi connectivity index (χ4n) is 1.18. The largest absolute Gasteiger partial charge is 0.381 e. The maximum Gasteiger partial charge on any atom is 0.226 e. The van der Waals surface area contributed by atoms with Gasteiger partial charge in [-0.3, -0.25) is 0 Å². The predicted octanol–water partition coefficient (Wildman–Crippen LogP) is 0.784. The van der Waals surface area contributed by atoms with Gasteiger partial charge in [0.05, 0.1) is 6.10 Å². The molecule has 0 aliphatic heterocycles. The lowest BCUT2D eigenvalue weighted by atomic mass is 10.1. The summed E-state index contributed by atoms with van der Waals surface area (Å²) in [4.78, 5) is 4.27. The predicted molar refractivity (Wildman–Crippen MR) is 56.4 cm³/mol. The Labute approximate surface area is 90.0 Å². The first-order valence-corrected chi connectivity index (χ1v) is 5.20. The fourth-order valence-corrected chi connectivity index (χ4v) is 1.18. The van der Waals surface area contributed by atoms with Crippen molar-refractivity contribution in [2.45, 2.75) is 32.8 Å². The number of nitrogens with two attached hydrogens (primary N) is 1. The van der Waals surface area contributed by atoms with E-state index in [1.165, 1.54) is 0 Å². The van der Waals surface area contributed by atoms with E-state index in [4.69, 9.17) is 15.0 Å². The molecule has 0 saturated heterocycles. The quantitative estimate of drug-likeness (QED) is 0.756. The molecule has 15 heavy (non-hydrogen) atoms. The normalized spacial score (nSPS) is 15.2. The lowest BCUT2D eigenvalue weighted by molar-refractivity contribution is 0.116. The second kappa shape index (κ2) is 5.82.